The highest BCUT2D eigenvalue weighted by molar-refractivity contribution is 5.84. The van der Waals surface area contributed by atoms with Crippen LogP contribution < -0.4 is 0 Å². The van der Waals surface area contributed by atoms with Gasteiger partial charge in [-0.05, 0) is 18.4 Å². The molecule has 0 radical (unpaired) electrons. The normalized spacial score (nSPS) is 40.9. The lowest BCUT2D eigenvalue weighted by atomic mass is 9.74. The number of rotatable bonds is 2. The van der Waals surface area contributed by atoms with Gasteiger partial charge in [-0.1, -0.05) is 60.7 Å². The smallest absolute Gasteiger partial charge is 0.228 e. The van der Waals surface area contributed by atoms with E-state index in [1.54, 1.807) is 7.05 Å². The maximum Gasteiger partial charge on any atom is 0.228 e. The van der Waals surface area contributed by atoms with Crippen LogP contribution in [-0.4, -0.2) is 28.1 Å². The topological polar surface area (TPSA) is 60.8 Å². The lowest BCUT2D eigenvalue weighted by molar-refractivity contribution is -0.160. The minimum Gasteiger partial charge on any atom is -0.385 e. The standard InChI is InChI=1S/C22H23NO3/c1-23-20(24)18-16-12-13-17(21(16,25)14-8-4-2-5-9-14)19(18)22(23,26)15-10-6-3-7-11-15/h2-11,16-19,25-26H,12-13H2,1H3/t16-,17+,18-,19+,21?,22+/m0/s1. The zero-order valence-electron chi connectivity index (χ0n) is 14.7. The van der Waals surface area contributed by atoms with Crippen LogP contribution in [0.3, 0.4) is 0 Å². The van der Waals surface area contributed by atoms with Crippen LogP contribution in [0.2, 0.25) is 0 Å². The Morgan fingerprint density at radius 2 is 1.42 bits per heavy atom. The van der Waals surface area contributed by atoms with Gasteiger partial charge in [0, 0.05) is 30.4 Å². The molecule has 5 rings (SSSR count). The Kier molecular flexibility index (Phi) is 3.19. The van der Waals surface area contributed by atoms with Gasteiger partial charge >= 0.3 is 0 Å². The molecule has 0 spiro atoms. The van der Waals surface area contributed by atoms with E-state index in [0.29, 0.717) is 0 Å². The fraction of sp³-hybridized carbons (Fsp3) is 0.409. The van der Waals surface area contributed by atoms with Crippen molar-refractivity contribution in [2.75, 3.05) is 7.05 Å². The van der Waals surface area contributed by atoms with Crippen LogP contribution in [0.25, 0.3) is 0 Å². The summed E-state index contributed by atoms with van der Waals surface area (Å²) in [7, 11) is 1.69. The highest BCUT2D eigenvalue weighted by atomic mass is 16.3. The van der Waals surface area contributed by atoms with E-state index in [9.17, 15) is 15.0 Å². The van der Waals surface area contributed by atoms with E-state index in [0.717, 1.165) is 24.0 Å². The first-order chi connectivity index (χ1) is 12.5. The molecule has 0 aromatic heterocycles. The van der Waals surface area contributed by atoms with E-state index in [1.807, 2.05) is 60.7 Å². The van der Waals surface area contributed by atoms with Crippen molar-refractivity contribution in [3.63, 3.8) is 0 Å². The largest absolute Gasteiger partial charge is 0.385 e. The number of likely N-dealkylation sites (tertiary alicyclic amines) is 1. The summed E-state index contributed by atoms with van der Waals surface area (Å²) in [4.78, 5) is 14.6. The van der Waals surface area contributed by atoms with Crippen LogP contribution >= 0.6 is 0 Å². The molecule has 3 aliphatic rings. The first kappa shape index (κ1) is 16.0. The van der Waals surface area contributed by atoms with Crippen LogP contribution in [0.5, 0.6) is 0 Å². The van der Waals surface area contributed by atoms with Gasteiger partial charge in [0.2, 0.25) is 5.91 Å². The van der Waals surface area contributed by atoms with Crippen molar-refractivity contribution in [1.29, 1.82) is 0 Å². The summed E-state index contributed by atoms with van der Waals surface area (Å²) in [6.45, 7) is 0. The molecule has 1 heterocycles. The Hall–Kier alpha value is -2.17. The molecule has 2 aromatic carbocycles. The molecule has 6 atom stereocenters. The molecule has 134 valence electrons. The molecule has 4 heteroatoms. The Morgan fingerprint density at radius 3 is 2.04 bits per heavy atom. The minimum atomic E-state index is -1.37. The summed E-state index contributed by atoms with van der Waals surface area (Å²) in [6, 6.07) is 19.1. The monoisotopic (exact) mass is 349 g/mol. The molecule has 2 saturated carbocycles. The highest BCUT2D eigenvalue weighted by Gasteiger charge is 2.75. The molecule has 1 saturated heterocycles. The third-order valence-electron chi connectivity index (χ3n) is 7.20. The quantitative estimate of drug-likeness (QED) is 0.876. The number of hydrogen-bond acceptors (Lipinski definition) is 3. The average Bonchev–Trinajstić information content (AvgIpc) is 3.23. The molecule has 2 aliphatic carbocycles. The number of fused-ring (bicyclic) bond motifs is 5. The predicted octanol–water partition coefficient (Wildman–Crippen LogP) is 2.46. The number of aliphatic hydroxyl groups is 2. The molecular formula is C22H23NO3. The number of amides is 1. The third-order valence-corrected chi connectivity index (χ3v) is 7.20. The summed E-state index contributed by atoms with van der Waals surface area (Å²) in [5.41, 5.74) is -0.818. The van der Waals surface area contributed by atoms with Crippen LogP contribution in [0.15, 0.2) is 60.7 Å². The van der Waals surface area contributed by atoms with Gasteiger partial charge in [-0.15, -0.1) is 0 Å². The molecular weight excluding hydrogens is 326 g/mol. The first-order valence-electron chi connectivity index (χ1n) is 9.34. The SMILES string of the molecule is CN1C(=O)[C@@H]2[C@@H]([C@H]3CC[C@@H]2C3(O)c2ccccc2)[C@]1(O)c1ccccc1. The Labute approximate surface area is 153 Å². The molecule has 26 heavy (non-hydrogen) atoms. The second-order valence-corrected chi connectivity index (χ2v) is 8.02. The lowest BCUT2D eigenvalue weighted by Crippen LogP contribution is -2.48. The number of carbonyl (C=O) groups is 1. The van der Waals surface area contributed by atoms with E-state index >= 15 is 0 Å². The molecule has 1 unspecified atom stereocenters. The van der Waals surface area contributed by atoms with E-state index in [1.165, 1.54) is 4.90 Å². The second kappa shape index (κ2) is 5.18. The summed E-state index contributed by atoms with van der Waals surface area (Å²) in [5.74, 6) is -0.977. The van der Waals surface area contributed by atoms with Gasteiger partial charge in [0.1, 0.15) is 0 Å². The van der Waals surface area contributed by atoms with Crippen LogP contribution in [-0.2, 0) is 16.1 Å². The summed E-state index contributed by atoms with van der Waals surface area (Å²) in [6.07, 6.45) is 1.65. The summed E-state index contributed by atoms with van der Waals surface area (Å²) < 4.78 is 0. The van der Waals surface area contributed by atoms with E-state index in [4.69, 9.17) is 0 Å². The van der Waals surface area contributed by atoms with Crippen molar-refractivity contribution in [2.45, 2.75) is 24.2 Å². The van der Waals surface area contributed by atoms with Gasteiger partial charge in [0.05, 0.1) is 11.5 Å². The van der Waals surface area contributed by atoms with Crippen LogP contribution in [0, 0.1) is 23.7 Å². The third kappa shape index (κ3) is 1.69. The predicted molar refractivity (Wildman–Crippen MR) is 96.6 cm³/mol. The van der Waals surface area contributed by atoms with Gasteiger partial charge in [-0.2, -0.15) is 0 Å². The number of hydrogen-bond donors (Lipinski definition) is 2. The maximum absolute atomic E-state index is 13.1. The highest BCUT2D eigenvalue weighted by Crippen LogP contribution is 2.69. The molecule has 1 amide bonds. The number of benzene rings is 2. The van der Waals surface area contributed by atoms with Crippen molar-refractivity contribution >= 4 is 5.91 Å². The van der Waals surface area contributed by atoms with Gasteiger partial charge in [0.25, 0.3) is 0 Å². The van der Waals surface area contributed by atoms with Crippen molar-refractivity contribution in [1.82, 2.24) is 4.90 Å². The fourth-order valence-corrected chi connectivity index (χ4v) is 6.16. The summed E-state index contributed by atoms with van der Waals surface area (Å²) in [5, 5.41) is 23.5. The second-order valence-electron chi connectivity index (χ2n) is 8.02. The van der Waals surface area contributed by atoms with Gasteiger partial charge in [-0.25, -0.2) is 0 Å². The Balaban J connectivity index is 1.68. The van der Waals surface area contributed by atoms with Crippen molar-refractivity contribution in [2.24, 2.45) is 23.7 Å². The fourth-order valence-electron chi connectivity index (χ4n) is 6.16. The molecule has 4 nitrogen and oxygen atoms in total. The van der Waals surface area contributed by atoms with Crippen molar-refractivity contribution in [3.05, 3.63) is 71.8 Å². The van der Waals surface area contributed by atoms with Crippen LogP contribution in [0.1, 0.15) is 24.0 Å². The number of nitrogens with zero attached hydrogens (tertiary/aromatic N) is 1. The lowest BCUT2D eigenvalue weighted by Gasteiger charge is -2.40. The van der Waals surface area contributed by atoms with Gasteiger partial charge < -0.3 is 15.1 Å². The average molecular weight is 349 g/mol. The van der Waals surface area contributed by atoms with E-state index in [-0.39, 0.29) is 29.6 Å². The van der Waals surface area contributed by atoms with E-state index < -0.39 is 11.3 Å². The van der Waals surface area contributed by atoms with Crippen molar-refractivity contribution in [3.8, 4) is 0 Å². The van der Waals surface area contributed by atoms with Gasteiger partial charge in [-0.3, -0.25) is 4.79 Å². The van der Waals surface area contributed by atoms with E-state index in [2.05, 4.69) is 0 Å². The first-order valence-corrected chi connectivity index (χ1v) is 9.34. The maximum atomic E-state index is 13.1. The Morgan fingerprint density at radius 1 is 0.885 bits per heavy atom. The molecule has 2 aromatic rings. The van der Waals surface area contributed by atoms with Gasteiger partial charge in [0.15, 0.2) is 5.72 Å². The summed E-state index contributed by atoms with van der Waals surface area (Å²) >= 11 is 0. The molecule has 1 aliphatic heterocycles. The van der Waals surface area contributed by atoms with Crippen molar-refractivity contribution < 1.29 is 15.0 Å². The zero-order valence-corrected chi connectivity index (χ0v) is 14.7. The van der Waals surface area contributed by atoms with Crippen LogP contribution in [0.4, 0.5) is 0 Å². The molecule has 3 fully saturated rings. The zero-order chi connectivity index (χ0) is 18.1. The molecule has 2 bridgehead atoms. The minimum absolute atomic E-state index is 0.0529. The number of carbonyl (C=O) groups excluding carboxylic acids is 1. The Bertz CT molecular complexity index is 854. The molecule has 2 N–H and O–H groups in total.